The summed E-state index contributed by atoms with van der Waals surface area (Å²) in [6, 6.07) is 5.81. The van der Waals surface area contributed by atoms with Gasteiger partial charge in [-0.2, -0.15) is 0 Å². The van der Waals surface area contributed by atoms with Gasteiger partial charge in [0.15, 0.2) is 5.82 Å². The zero-order valence-electron chi connectivity index (χ0n) is 26.3. The van der Waals surface area contributed by atoms with Crippen molar-refractivity contribution in [2.24, 2.45) is 0 Å². The molecule has 0 saturated heterocycles. The van der Waals surface area contributed by atoms with Crippen LogP contribution in [-0.2, 0) is 19.5 Å². The predicted octanol–water partition coefficient (Wildman–Crippen LogP) is 8.84. The molecule has 4 rings (SSSR count). The van der Waals surface area contributed by atoms with Crippen LogP contribution in [0, 0.1) is 5.82 Å². The van der Waals surface area contributed by atoms with Crippen molar-refractivity contribution in [3.8, 4) is 5.75 Å². The number of nitrogens with zero attached hydrogens (tertiary/aromatic N) is 3. The first-order chi connectivity index (χ1) is 21.8. The van der Waals surface area contributed by atoms with Crippen LogP contribution in [0.4, 0.5) is 19.8 Å². The molecule has 1 atom stereocenters. The number of thiazole rings is 1. The molecule has 16 heteroatoms. The third-order valence-corrected chi connectivity index (χ3v) is 9.62. The van der Waals surface area contributed by atoms with Gasteiger partial charge in [0.05, 0.1) is 16.6 Å². The van der Waals surface area contributed by atoms with Gasteiger partial charge in [0.1, 0.15) is 34.3 Å². The number of ether oxygens (including phenoxy) is 3. The van der Waals surface area contributed by atoms with Gasteiger partial charge in [-0.3, -0.25) is 4.90 Å². The summed E-state index contributed by atoms with van der Waals surface area (Å²) < 4.78 is 60.2. The number of benzene rings is 2. The number of rotatable bonds is 7. The van der Waals surface area contributed by atoms with E-state index in [4.69, 9.17) is 49.0 Å². The molecule has 0 fully saturated rings. The van der Waals surface area contributed by atoms with Gasteiger partial charge in [0.2, 0.25) is 0 Å². The highest BCUT2D eigenvalue weighted by molar-refractivity contribution is 7.93. The molecule has 1 unspecified atom stereocenters. The molecule has 0 aliphatic carbocycles. The highest BCUT2D eigenvalue weighted by Crippen LogP contribution is 2.39. The number of sulfonamides is 1. The van der Waals surface area contributed by atoms with Crippen molar-refractivity contribution in [1.29, 1.82) is 0 Å². The summed E-state index contributed by atoms with van der Waals surface area (Å²) in [5.41, 5.74) is 0.506. The van der Waals surface area contributed by atoms with E-state index in [0.717, 1.165) is 23.5 Å². The normalized spacial score (nSPS) is 15.6. The second kappa shape index (κ2) is 14.2. The van der Waals surface area contributed by atoms with E-state index < -0.39 is 50.2 Å². The van der Waals surface area contributed by atoms with Crippen molar-refractivity contribution in [3.63, 3.8) is 0 Å². The van der Waals surface area contributed by atoms with Crippen LogP contribution >= 0.6 is 46.1 Å². The Balaban J connectivity index is 1.70. The molecule has 254 valence electrons. The average Bonchev–Trinajstić information content (AvgIpc) is 3.45. The minimum Gasteiger partial charge on any atom is -0.489 e. The molecule has 1 aliphatic heterocycles. The van der Waals surface area contributed by atoms with E-state index in [9.17, 15) is 18.0 Å². The summed E-state index contributed by atoms with van der Waals surface area (Å²) in [6.07, 6.45) is 0.435. The molecular weight excluding hydrogens is 716 g/mol. The Hall–Kier alpha value is -3.10. The first-order valence-corrected chi connectivity index (χ1v) is 17.7. The molecule has 2 amide bonds. The van der Waals surface area contributed by atoms with E-state index >= 15 is 4.39 Å². The van der Waals surface area contributed by atoms with Crippen molar-refractivity contribution in [1.82, 2.24) is 9.88 Å². The molecular formula is C31H33Cl3FN3O7S2. The van der Waals surface area contributed by atoms with E-state index in [1.54, 1.807) is 59.7 Å². The summed E-state index contributed by atoms with van der Waals surface area (Å²) in [5.74, 6) is -1.76. The first kappa shape index (κ1) is 36.7. The SMILES string of the molecule is CC(C)(C)OC(=O)N1CCC=C(c2c(Cl)cccc2Cl)C1COc1cc(F)c(S(=O)(=O)N(C(=O)OC(C)(C)C)c2cscn2)cc1Cl. The number of carbonyl (C=O) groups is 2. The third-order valence-electron chi connectivity index (χ3n) is 6.44. The molecule has 3 aromatic rings. The molecule has 1 aromatic heterocycles. The van der Waals surface area contributed by atoms with E-state index in [-0.39, 0.29) is 34.0 Å². The van der Waals surface area contributed by atoms with Gasteiger partial charge < -0.3 is 14.2 Å². The van der Waals surface area contributed by atoms with Gasteiger partial charge in [-0.05, 0) is 71.7 Å². The smallest absolute Gasteiger partial charge is 0.430 e. The summed E-state index contributed by atoms with van der Waals surface area (Å²) in [6.45, 7) is 9.87. The Bertz CT molecular complexity index is 1770. The van der Waals surface area contributed by atoms with Crippen molar-refractivity contribution < 1.29 is 36.6 Å². The molecule has 2 heterocycles. The molecule has 2 aromatic carbocycles. The quantitative estimate of drug-likeness (QED) is 0.236. The Labute approximate surface area is 292 Å². The number of hydrogen-bond acceptors (Lipinski definition) is 9. The average molecular weight is 749 g/mol. The molecule has 0 bridgehead atoms. The standard InChI is InChI=1S/C31H33Cl3FN3O7S2/c1-30(2,3)44-28(39)37-12-8-9-18(27-19(32)10-7-11-20(27)33)23(37)15-43-24-14-22(35)25(13-21(24)34)47(41,42)38(26-16-46-17-36-26)29(40)45-31(4,5)6/h7,9-11,13-14,16-17,23H,8,12,15H2,1-6H3. The second-order valence-corrected chi connectivity index (χ2v) is 16.1. The fourth-order valence-electron chi connectivity index (χ4n) is 4.59. The fourth-order valence-corrected chi connectivity index (χ4v) is 7.42. The lowest BCUT2D eigenvalue weighted by atomic mass is 9.93. The van der Waals surface area contributed by atoms with Crippen LogP contribution in [0.25, 0.3) is 5.57 Å². The highest BCUT2D eigenvalue weighted by atomic mass is 35.5. The molecule has 0 N–H and O–H groups in total. The maximum atomic E-state index is 15.7. The van der Waals surface area contributed by atoms with Gasteiger partial charge in [-0.25, -0.2) is 27.4 Å². The Kier molecular flexibility index (Phi) is 11.1. The van der Waals surface area contributed by atoms with E-state index in [0.29, 0.717) is 27.6 Å². The van der Waals surface area contributed by atoms with Gasteiger partial charge in [-0.15, -0.1) is 15.6 Å². The number of halogens is 4. The summed E-state index contributed by atoms with van der Waals surface area (Å²) >= 11 is 20.6. The van der Waals surface area contributed by atoms with Crippen LogP contribution < -0.4 is 9.04 Å². The fraction of sp³-hybridized carbons (Fsp3) is 0.387. The van der Waals surface area contributed by atoms with Gasteiger partial charge >= 0.3 is 12.2 Å². The van der Waals surface area contributed by atoms with Crippen LogP contribution in [0.15, 0.2) is 52.2 Å². The van der Waals surface area contributed by atoms with E-state index in [1.807, 2.05) is 6.08 Å². The lowest BCUT2D eigenvalue weighted by Crippen LogP contribution is -2.48. The van der Waals surface area contributed by atoms with Crippen molar-refractivity contribution in [2.45, 2.75) is 70.1 Å². The monoisotopic (exact) mass is 747 g/mol. The Morgan fingerprint density at radius 2 is 1.68 bits per heavy atom. The second-order valence-electron chi connectivity index (χ2n) is 12.4. The van der Waals surface area contributed by atoms with Gasteiger partial charge in [0.25, 0.3) is 10.0 Å². The van der Waals surface area contributed by atoms with Crippen LogP contribution in [0.5, 0.6) is 5.75 Å². The van der Waals surface area contributed by atoms with Gasteiger partial charge in [-0.1, -0.05) is 46.9 Å². The lowest BCUT2D eigenvalue weighted by molar-refractivity contribution is 0.0162. The summed E-state index contributed by atoms with van der Waals surface area (Å²) in [4.78, 5) is 30.8. The van der Waals surface area contributed by atoms with E-state index in [1.165, 1.54) is 15.8 Å². The molecule has 10 nitrogen and oxygen atoms in total. The first-order valence-electron chi connectivity index (χ1n) is 14.2. The molecule has 47 heavy (non-hydrogen) atoms. The minimum absolute atomic E-state index is 0.222. The van der Waals surface area contributed by atoms with Crippen LogP contribution in [-0.4, -0.2) is 60.9 Å². The topological polar surface area (TPSA) is 115 Å². The third kappa shape index (κ3) is 8.69. The van der Waals surface area contributed by atoms with Gasteiger partial charge in [0, 0.05) is 33.6 Å². The zero-order valence-corrected chi connectivity index (χ0v) is 30.2. The van der Waals surface area contributed by atoms with Crippen LogP contribution in [0.3, 0.4) is 0 Å². The van der Waals surface area contributed by atoms with Crippen molar-refractivity contribution in [2.75, 3.05) is 17.5 Å². The summed E-state index contributed by atoms with van der Waals surface area (Å²) in [7, 11) is -4.91. The van der Waals surface area contributed by atoms with Crippen molar-refractivity contribution >= 4 is 79.7 Å². The van der Waals surface area contributed by atoms with Crippen molar-refractivity contribution in [3.05, 3.63) is 73.7 Å². The highest BCUT2D eigenvalue weighted by Gasteiger charge is 2.39. The predicted molar refractivity (Wildman–Crippen MR) is 181 cm³/mol. The summed E-state index contributed by atoms with van der Waals surface area (Å²) in [5, 5.41) is 1.70. The van der Waals surface area contributed by atoms with Crippen LogP contribution in [0.1, 0.15) is 53.5 Å². The number of aromatic nitrogens is 1. The lowest BCUT2D eigenvalue weighted by Gasteiger charge is -2.37. The zero-order chi connectivity index (χ0) is 34.9. The minimum atomic E-state index is -4.91. The Morgan fingerprint density at radius 1 is 1.04 bits per heavy atom. The largest absolute Gasteiger partial charge is 0.489 e. The maximum absolute atomic E-state index is 15.7. The molecule has 1 aliphatic rings. The molecule has 0 radical (unpaired) electrons. The Morgan fingerprint density at radius 3 is 2.26 bits per heavy atom. The van der Waals surface area contributed by atoms with Crippen LogP contribution in [0.2, 0.25) is 15.1 Å². The van der Waals surface area contributed by atoms with E-state index in [2.05, 4.69) is 4.98 Å². The number of hydrogen-bond donors (Lipinski definition) is 0. The molecule has 0 spiro atoms. The maximum Gasteiger partial charge on any atom is 0.430 e. The number of amides is 2. The number of carbonyl (C=O) groups excluding carboxylic acids is 2. The number of anilines is 1. The molecule has 0 saturated carbocycles.